The molecule has 6 heteroatoms. The Morgan fingerprint density at radius 1 is 1.00 bits per heavy atom. The van der Waals surface area contributed by atoms with E-state index in [-0.39, 0.29) is 30.5 Å². The third-order valence-corrected chi connectivity index (χ3v) is 5.73. The molecule has 1 aliphatic rings. The number of carbonyl (C=O) groups excluding carboxylic acids is 1. The monoisotopic (exact) mass is 417 g/mol. The van der Waals surface area contributed by atoms with Crippen molar-refractivity contribution in [2.45, 2.75) is 31.8 Å². The van der Waals surface area contributed by atoms with Gasteiger partial charge in [0.25, 0.3) is 0 Å². The summed E-state index contributed by atoms with van der Waals surface area (Å²) in [7, 11) is 0. The maximum Gasteiger partial charge on any atom is 0.346 e. The van der Waals surface area contributed by atoms with Crippen molar-refractivity contribution in [3.63, 3.8) is 0 Å². The number of nitrogens with zero attached hydrogens (tertiary/aromatic N) is 3. The molecule has 0 atom stereocenters. The van der Waals surface area contributed by atoms with E-state index in [9.17, 15) is 9.59 Å². The number of aromatic nitrogens is 3. The zero-order chi connectivity index (χ0) is 20.7. The Balaban J connectivity index is 1.44. The molecular weight excluding hydrogens is 398 g/mol. The van der Waals surface area contributed by atoms with Crippen LogP contribution in [0.15, 0.2) is 71.5 Å². The normalized spacial score (nSPS) is 13.6. The van der Waals surface area contributed by atoms with Gasteiger partial charge in [0.2, 0.25) is 0 Å². The van der Waals surface area contributed by atoms with Crippen molar-refractivity contribution in [2.75, 3.05) is 0 Å². The van der Waals surface area contributed by atoms with E-state index in [1.54, 1.807) is 16.7 Å². The number of carbonyl (C=O) groups is 1. The maximum atomic E-state index is 13.0. The van der Waals surface area contributed by atoms with Crippen LogP contribution in [0, 0.1) is 0 Å². The molecular formula is C24H20ClN3O2. The second-order valence-electron chi connectivity index (χ2n) is 7.73. The molecule has 30 heavy (non-hydrogen) atoms. The first kappa shape index (κ1) is 18.8. The smallest absolute Gasteiger partial charge is 0.297 e. The number of hydrogen-bond donors (Lipinski definition) is 0. The fourth-order valence-electron chi connectivity index (χ4n) is 3.86. The molecule has 0 bridgehead atoms. The van der Waals surface area contributed by atoms with Crippen LogP contribution in [0.4, 0.5) is 0 Å². The summed E-state index contributed by atoms with van der Waals surface area (Å²) < 4.78 is 3.02. The fourth-order valence-corrected chi connectivity index (χ4v) is 3.99. The standard InChI is InChI=1S/C24H20ClN3O2/c25-19-10-8-17(9-11-19)23-26-27(24(30)28(23)20-12-13-20)15-21(29)14-18-6-3-5-16-4-1-2-7-22(16)18/h1-11,20H,12-15H2. The molecule has 0 aliphatic heterocycles. The minimum atomic E-state index is -0.228. The summed E-state index contributed by atoms with van der Waals surface area (Å²) in [4.78, 5) is 25.8. The molecule has 0 unspecified atom stereocenters. The molecule has 5 nitrogen and oxygen atoms in total. The molecule has 1 aromatic heterocycles. The second kappa shape index (κ2) is 7.58. The highest BCUT2D eigenvalue weighted by Gasteiger charge is 2.30. The van der Waals surface area contributed by atoms with Crippen molar-refractivity contribution < 1.29 is 4.79 Å². The Kier molecular flexibility index (Phi) is 4.75. The lowest BCUT2D eigenvalue weighted by Gasteiger charge is -2.06. The first-order valence-electron chi connectivity index (χ1n) is 10.0. The lowest BCUT2D eigenvalue weighted by Crippen LogP contribution is -2.28. The van der Waals surface area contributed by atoms with E-state index in [0.29, 0.717) is 10.8 Å². The highest BCUT2D eigenvalue weighted by atomic mass is 35.5. The second-order valence-corrected chi connectivity index (χ2v) is 8.16. The summed E-state index contributed by atoms with van der Waals surface area (Å²) >= 11 is 6.00. The van der Waals surface area contributed by atoms with E-state index in [2.05, 4.69) is 5.10 Å². The van der Waals surface area contributed by atoms with Gasteiger partial charge in [-0.2, -0.15) is 0 Å². The van der Waals surface area contributed by atoms with Gasteiger partial charge in [-0.3, -0.25) is 9.36 Å². The van der Waals surface area contributed by atoms with Gasteiger partial charge in [-0.25, -0.2) is 9.48 Å². The Labute approximate surface area is 178 Å². The van der Waals surface area contributed by atoms with E-state index in [0.717, 1.165) is 34.7 Å². The van der Waals surface area contributed by atoms with Gasteiger partial charge in [0.1, 0.15) is 6.54 Å². The fraction of sp³-hybridized carbons (Fsp3) is 0.208. The highest BCUT2D eigenvalue weighted by Crippen LogP contribution is 2.36. The molecule has 0 saturated heterocycles. The van der Waals surface area contributed by atoms with E-state index in [4.69, 9.17) is 11.6 Å². The van der Waals surface area contributed by atoms with Gasteiger partial charge in [0.15, 0.2) is 11.6 Å². The predicted molar refractivity (Wildman–Crippen MR) is 118 cm³/mol. The van der Waals surface area contributed by atoms with Crippen LogP contribution in [-0.2, 0) is 17.8 Å². The Bertz CT molecular complexity index is 1300. The number of rotatable bonds is 6. The number of benzene rings is 3. The lowest BCUT2D eigenvalue weighted by molar-refractivity contribution is -0.119. The number of hydrogen-bond acceptors (Lipinski definition) is 3. The molecule has 0 N–H and O–H groups in total. The molecule has 3 aromatic carbocycles. The number of Topliss-reactive ketones (excluding diaryl/α,β-unsaturated/α-hetero) is 1. The maximum absolute atomic E-state index is 13.0. The van der Waals surface area contributed by atoms with Crippen molar-refractivity contribution >= 4 is 28.2 Å². The largest absolute Gasteiger partial charge is 0.346 e. The third kappa shape index (κ3) is 3.57. The van der Waals surface area contributed by atoms with Gasteiger partial charge in [0, 0.05) is 23.0 Å². The van der Waals surface area contributed by atoms with Gasteiger partial charge < -0.3 is 0 Å². The van der Waals surface area contributed by atoms with Crippen LogP contribution >= 0.6 is 11.6 Å². The predicted octanol–water partition coefficient (Wildman–Crippen LogP) is 4.67. The van der Waals surface area contributed by atoms with Gasteiger partial charge in [-0.15, -0.1) is 5.10 Å². The molecule has 150 valence electrons. The molecule has 0 spiro atoms. The molecule has 0 radical (unpaired) electrons. The summed E-state index contributed by atoms with van der Waals surface area (Å²) in [6.45, 7) is -0.0393. The lowest BCUT2D eigenvalue weighted by atomic mass is 10.0. The summed E-state index contributed by atoms with van der Waals surface area (Å²) in [5.74, 6) is 0.550. The summed E-state index contributed by atoms with van der Waals surface area (Å²) in [6, 6.07) is 21.4. The number of fused-ring (bicyclic) bond motifs is 1. The highest BCUT2D eigenvalue weighted by molar-refractivity contribution is 6.30. The van der Waals surface area contributed by atoms with Crippen LogP contribution in [0.3, 0.4) is 0 Å². The summed E-state index contributed by atoms with van der Waals surface area (Å²) in [6.07, 6.45) is 2.17. The van der Waals surface area contributed by atoms with E-state index in [1.165, 1.54) is 4.68 Å². The van der Waals surface area contributed by atoms with Crippen LogP contribution in [0.5, 0.6) is 0 Å². The number of halogens is 1. The Morgan fingerprint density at radius 2 is 1.73 bits per heavy atom. The SMILES string of the molecule is O=C(Cc1cccc2ccccc12)Cn1nc(-c2ccc(Cl)cc2)n(C2CC2)c1=O. The average Bonchev–Trinajstić information content (AvgIpc) is 3.53. The quantitative estimate of drug-likeness (QED) is 0.458. The van der Waals surface area contributed by atoms with Gasteiger partial charge in [0.05, 0.1) is 0 Å². The van der Waals surface area contributed by atoms with Gasteiger partial charge >= 0.3 is 5.69 Å². The Hall–Kier alpha value is -3.18. The van der Waals surface area contributed by atoms with Crippen LogP contribution < -0.4 is 5.69 Å². The van der Waals surface area contributed by atoms with Crippen molar-refractivity contribution in [3.8, 4) is 11.4 Å². The first-order valence-corrected chi connectivity index (χ1v) is 10.4. The Morgan fingerprint density at radius 3 is 2.50 bits per heavy atom. The van der Waals surface area contributed by atoms with Crippen molar-refractivity contribution in [2.24, 2.45) is 0 Å². The van der Waals surface area contributed by atoms with Gasteiger partial charge in [-0.1, -0.05) is 54.1 Å². The van der Waals surface area contributed by atoms with Crippen molar-refractivity contribution in [3.05, 3.63) is 87.8 Å². The average molecular weight is 418 g/mol. The van der Waals surface area contributed by atoms with E-state index < -0.39 is 0 Å². The topological polar surface area (TPSA) is 56.9 Å². The van der Waals surface area contributed by atoms with Crippen molar-refractivity contribution in [1.29, 1.82) is 0 Å². The minimum absolute atomic E-state index is 0.0393. The molecule has 1 saturated carbocycles. The summed E-state index contributed by atoms with van der Waals surface area (Å²) in [5, 5.41) is 7.31. The van der Waals surface area contributed by atoms with E-state index in [1.807, 2.05) is 54.6 Å². The first-order chi connectivity index (χ1) is 14.6. The van der Waals surface area contributed by atoms with E-state index >= 15 is 0 Å². The molecule has 4 aromatic rings. The number of ketones is 1. The molecule has 1 heterocycles. The molecule has 0 amide bonds. The zero-order valence-electron chi connectivity index (χ0n) is 16.3. The van der Waals surface area contributed by atoms with Crippen molar-refractivity contribution in [1.82, 2.24) is 14.3 Å². The van der Waals surface area contributed by atoms with Crippen LogP contribution in [0.2, 0.25) is 5.02 Å². The molecule has 1 fully saturated rings. The molecule has 1 aliphatic carbocycles. The van der Waals surface area contributed by atoms with Crippen LogP contribution in [0.25, 0.3) is 22.2 Å². The molecule has 5 rings (SSSR count). The minimum Gasteiger partial charge on any atom is -0.297 e. The van der Waals surface area contributed by atoms with Crippen LogP contribution in [-0.4, -0.2) is 20.1 Å². The third-order valence-electron chi connectivity index (χ3n) is 5.48. The van der Waals surface area contributed by atoms with Crippen LogP contribution in [0.1, 0.15) is 24.4 Å². The summed E-state index contributed by atoms with van der Waals surface area (Å²) in [5.41, 5.74) is 1.56. The zero-order valence-corrected chi connectivity index (χ0v) is 17.0. The van der Waals surface area contributed by atoms with Gasteiger partial charge in [-0.05, 0) is 53.4 Å².